The van der Waals surface area contributed by atoms with Crippen molar-refractivity contribution in [1.29, 1.82) is 5.26 Å². The number of ether oxygens (including phenoxy) is 1. The predicted molar refractivity (Wildman–Crippen MR) is 125 cm³/mol. The molecule has 3 rings (SSSR count). The summed E-state index contributed by atoms with van der Waals surface area (Å²) >= 11 is 0. The fourth-order valence-corrected chi connectivity index (χ4v) is 4.03. The lowest BCUT2D eigenvalue weighted by atomic mass is 9.98. The van der Waals surface area contributed by atoms with Crippen LogP contribution in [0.3, 0.4) is 0 Å². The highest BCUT2D eigenvalue weighted by molar-refractivity contribution is 5.86. The molecule has 1 saturated carbocycles. The van der Waals surface area contributed by atoms with E-state index in [0.29, 0.717) is 30.9 Å². The number of aryl methyl sites for hydroxylation is 1. The highest BCUT2D eigenvalue weighted by atomic mass is 16.6. The van der Waals surface area contributed by atoms with E-state index in [1.807, 2.05) is 0 Å². The number of rotatable bonds is 8. The van der Waals surface area contributed by atoms with Crippen molar-refractivity contribution >= 4 is 23.6 Å². The normalized spacial score (nSPS) is 19.5. The summed E-state index contributed by atoms with van der Waals surface area (Å²) in [4.78, 5) is 50.7. The van der Waals surface area contributed by atoms with Gasteiger partial charge in [0.05, 0.1) is 6.07 Å². The molecule has 3 amide bonds. The van der Waals surface area contributed by atoms with Gasteiger partial charge in [-0.05, 0) is 64.5 Å². The van der Waals surface area contributed by atoms with Crippen molar-refractivity contribution in [2.45, 2.75) is 77.5 Å². The van der Waals surface area contributed by atoms with Crippen LogP contribution in [0.5, 0.6) is 0 Å². The van der Waals surface area contributed by atoms with Crippen molar-refractivity contribution in [1.82, 2.24) is 15.2 Å². The molecule has 1 aliphatic carbocycles. The summed E-state index contributed by atoms with van der Waals surface area (Å²) in [5.41, 5.74) is -0.664. The molecule has 0 aromatic carbocycles. The number of aromatic nitrogens is 1. The molecule has 1 aromatic rings. The molecule has 0 unspecified atom stereocenters. The molecular weight excluding hydrogens is 438 g/mol. The maximum absolute atomic E-state index is 13.3. The van der Waals surface area contributed by atoms with E-state index in [2.05, 4.69) is 22.0 Å². The Kier molecular flexibility index (Phi) is 7.64. The van der Waals surface area contributed by atoms with Gasteiger partial charge >= 0.3 is 6.09 Å². The Morgan fingerprint density at radius 2 is 1.97 bits per heavy atom. The SMILES string of the molecule is Cc1ccn([C@H](CC2CC2)C(=O)N[C@H](C#N)C[C@@H]2CCNC2=O)c(=O)c1NC(=O)OC(C)(C)C. The van der Waals surface area contributed by atoms with Crippen molar-refractivity contribution in [3.8, 4) is 6.07 Å². The summed E-state index contributed by atoms with van der Waals surface area (Å²) in [5, 5.41) is 17.5. The van der Waals surface area contributed by atoms with Crippen LogP contribution in [0.25, 0.3) is 0 Å². The molecule has 3 N–H and O–H groups in total. The van der Waals surface area contributed by atoms with E-state index in [0.717, 1.165) is 12.8 Å². The number of hydrogen-bond donors (Lipinski definition) is 3. The standard InChI is InChI=1S/C24H33N5O5/c1-14-8-10-29(22(32)19(14)28-23(33)34-24(2,3)4)18(11-15-5-6-15)21(31)27-17(13-25)12-16-7-9-26-20(16)30/h8,10,15-18H,5-7,9,11-12H2,1-4H3,(H,26,30)(H,27,31)(H,28,33)/t16-,17-,18+/m0/s1. The molecule has 3 atom stereocenters. The zero-order chi connectivity index (χ0) is 25.0. The Balaban J connectivity index is 1.82. The number of nitrogens with one attached hydrogen (secondary N) is 3. The number of hydrogen-bond acceptors (Lipinski definition) is 6. The Bertz CT molecular complexity index is 1050. The molecular formula is C24H33N5O5. The van der Waals surface area contributed by atoms with Crippen molar-refractivity contribution in [2.75, 3.05) is 11.9 Å². The summed E-state index contributed by atoms with van der Waals surface area (Å²) in [6.07, 6.45) is 4.01. The number of nitriles is 1. The fourth-order valence-electron chi connectivity index (χ4n) is 4.03. The molecule has 1 aliphatic heterocycles. The molecule has 0 radical (unpaired) electrons. The van der Waals surface area contributed by atoms with Gasteiger partial charge in [-0.25, -0.2) is 4.79 Å². The first-order valence-corrected chi connectivity index (χ1v) is 11.7. The molecule has 2 fully saturated rings. The van der Waals surface area contributed by atoms with E-state index >= 15 is 0 Å². The lowest BCUT2D eigenvalue weighted by molar-refractivity contribution is -0.126. The van der Waals surface area contributed by atoms with E-state index in [9.17, 15) is 24.4 Å². The molecule has 2 aliphatic rings. The molecule has 184 valence electrons. The first kappa shape index (κ1) is 25.3. The minimum atomic E-state index is -0.844. The van der Waals surface area contributed by atoms with Crippen molar-refractivity contribution in [2.24, 2.45) is 11.8 Å². The second-order valence-electron chi connectivity index (χ2n) is 10.1. The van der Waals surface area contributed by atoms with Gasteiger partial charge in [0, 0.05) is 18.7 Å². The Labute approximate surface area is 199 Å². The minimum absolute atomic E-state index is 0.0461. The third-order valence-electron chi connectivity index (χ3n) is 6.00. The number of anilines is 1. The lowest BCUT2D eigenvalue weighted by Gasteiger charge is -2.24. The number of nitrogens with zero attached hydrogens (tertiary/aromatic N) is 2. The predicted octanol–water partition coefficient (Wildman–Crippen LogP) is 2.38. The summed E-state index contributed by atoms with van der Waals surface area (Å²) in [7, 11) is 0. The number of carbonyl (C=O) groups excluding carboxylic acids is 3. The zero-order valence-corrected chi connectivity index (χ0v) is 20.1. The average molecular weight is 472 g/mol. The van der Waals surface area contributed by atoms with Crippen LogP contribution in [-0.4, -0.2) is 40.7 Å². The number of pyridine rings is 1. The lowest BCUT2D eigenvalue weighted by Crippen LogP contribution is -2.43. The molecule has 10 nitrogen and oxygen atoms in total. The molecule has 10 heteroatoms. The maximum Gasteiger partial charge on any atom is 0.412 e. The molecule has 1 saturated heterocycles. The first-order valence-electron chi connectivity index (χ1n) is 11.7. The van der Waals surface area contributed by atoms with Crippen LogP contribution in [0.1, 0.15) is 64.5 Å². The van der Waals surface area contributed by atoms with Crippen molar-refractivity contribution in [3.63, 3.8) is 0 Å². The minimum Gasteiger partial charge on any atom is -0.444 e. The van der Waals surface area contributed by atoms with Crippen molar-refractivity contribution < 1.29 is 19.1 Å². The third-order valence-corrected chi connectivity index (χ3v) is 6.00. The third kappa shape index (κ3) is 6.59. The van der Waals surface area contributed by atoms with E-state index in [-0.39, 0.29) is 23.9 Å². The van der Waals surface area contributed by atoms with Gasteiger partial charge in [0.1, 0.15) is 23.4 Å². The van der Waals surface area contributed by atoms with E-state index in [4.69, 9.17) is 4.74 Å². The van der Waals surface area contributed by atoms with Crippen LogP contribution in [-0.2, 0) is 14.3 Å². The Morgan fingerprint density at radius 3 is 2.53 bits per heavy atom. The zero-order valence-electron chi connectivity index (χ0n) is 20.1. The van der Waals surface area contributed by atoms with E-state index in [1.165, 1.54) is 10.8 Å². The Morgan fingerprint density at radius 1 is 1.26 bits per heavy atom. The van der Waals surface area contributed by atoms with Gasteiger partial charge in [0.25, 0.3) is 5.56 Å². The van der Waals surface area contributed by atoms with Gasteiger partial charge < -0.3 is 19.9 Å². The monoisotopic (exact) mass is 471 g/mol. The van der Waals surface area contributed by atoms with Crippen LogP contribution in [0, 0.1) is 30.1 Å². The van der Waals surface area contributed by atoms with Crippen LogP contribution in [0.15, 0.2) is 17.1 Å². The maximum atomic E-state index is 13.3. The smallest absolute Gasteiger partial charge is 0.412 e. The van der Waals surface area contributed by atoms with Crippen LogP contribution >= 0.6 is 0 Å². The summed E-state index contributed by atoms with van der Waals surface area (Å²) < 4.78 is 6.58. The highest BCUT2D eigenvalue weighted by Crippen LogP contribution is 2.37. The van der Waals surface area contributed by atoms with Crippen LogP contribution < -0.4 is 21.5 Å². The average Bonchev–Trinajstić information content (AvgIpc) is 3.48. The fraction of sp³-hybridized carbons (Fsp3) is 0.625. The van der Waals surface area contributed by atoms with Crippen molar-refractivity contribution in [3.05, 3.63) is 28.2 Å². The highest BCUT2D eigenvalue weighted by Gasteiger charge is 2.34. The van der Waals surface area contributed by atoms with Gasteiger partial charge in [-0.2, -0.15) is 5.26 Å². The molecule has 0 bridgehead atoms. The van der Waals surface area contributed by atoms with E-state index in [1.54, 1.807) is 33.8 Å². The van der Waals surface area contributed by atoms with Crippen LogP contribution in [0.4, 0.5) is 10.5 Å². The second kappa shape index (κ2) is 10.3. The van der Waals surface area contributed by atoms with Gasteiger partial charge in [0.15, 0.2) is 0 Å². The number of carbonyl (C=O) groups is 3. The number of amides is 3. The molecule has 1 aromatic heterocycles. The largest absolute Gasteiger partial charge is 0.444 e. The summed E-state index contributed by atoms with van der Waals surface area (Å²) in [6, 6.07) is 2.04. The van der Waals surface area contributed by atoms with Gasteiger partial charge in [0.2, 0.25) is 11.8 Å². The summed E-state index contributed by atoms with van der Waals surface area (Å²) in [5.74, 6) is -0.575. The quantitative estimate of drug-likeness (QED) is 0.531. The second-order valence-corrected chi connectivity index (χ2v) is 10.1. The van der Waals surface area contributed by atoms with Gasteiger partial charge in [-0.3, -0.25) is 19.7 Å². The summed E-state index contributed by atoms with van der Waals surface area (Å²) in [6.45, 7) is 7.41. The molecule has 0 spiro atoms. The molecule has 34 heavy (non-hydrogen) atoms. The first-order chi connectivity index (χ1) is 16.0. The van der Waals surface area contributed by atoms with Crippen LogP contribution in [0.2, 0.25) is 0 Å². The van der Waals surface area contributed by atoms with Gasteiger partial charge in [-0.1, -0.05) is 12.8 Å². The van der Waals surface area contributed by atoms with E-state index < -0.39 is 35.2 Å². The topological polar surface area (TPSA) is 142 Å². The molecule has 2 heterocycles. The van der Waals surface area contributed by atoms with Gasteiger partial charge in [-0.15, -0.1) is 0 Å². The Hall–Kier alpha value is -3.35.